The minimum absolute atomic E-state index is 0.0299. The van der Waals surface area contributed by atoms with Crippen molar-refractivity contribution in [2.24, 2.45) is 0 Å². The highest BCUT2D eigenvalue weighted by Gasteiger charge is 2.20. The maximum absolute atomic E-state index is 13.2. The molecule has 0 aliphatic heterocycles. The molecule has 0 amide bonds. The first kappa shape index (κ1) is 23.0. The van der Waals surface area contributed by atoms with Crippen molar-refractivity contribution in [1.29, 1.82) is 0 Å². The van der Waals surface area contributed by atoms with Crippen LogP contribution in [0.5, 0.6) is 23.4 Å². The van der Waals surface area contributed by atoms with Crippen LogP contribution in [0, 0.1) is 19.7 Å². The van der Waals surface area contributed by atoms with Crippen LogP contribution in [-0.2, 0) is 4.79 Å². The molecule has 1 N–H and O–H groups in total. The lowest BCUT2D eigenvalue weighted by Crippen LogP contribution is -2.10. The van der Waals surface area contributed by atoms with Gasteiger partial charge in [0.15, 0.2) is 12.1 Å². The minimum Gasteiger partial charge on any atom is -0.481 e. The van der Waals surface area contributed by atoms with Crippen molar-refractivity contribution >= 4 is 17.2 Å². The number of ether oxygens (including phenoxy) is 3. The maximum Gasteiger partial charge on any atom is 0.341 e. The fraction of sp³-hybridized carbons (Fsp3) is 0.250. The molecule has 4 rings (SSSR count). The number of rotatable bonds is 9. The molecular formula is C24H22FN3O6. The van der Waals surface area contributed by atoms with Gasteiger partial charge < -0.3 is 23.7 Å². The summed E-state index contributed by atoms with van der Waals surface area (Å²) in [6.45, 7) is 5.54. The molecule has 0 atom stereocenters. The molecule has 0 saturated heterocycles. The second-order valence-corrected chi connectivity index (χ2v) is 7.51. The number of hydrogen-bond acceptors (Lipinski definition) is 8. The van der Waals surface area contributed by atoms with Crippen molar-refractivity contribution in [1.82, 2.24) is 15.0 Å². The summed E-state index contributed by atoms with van der Waals surface area (Å²) in [6.07, 6.45) is 0.751. The first-order valence-corrected chi connectivity index (χ1v) is 10.5. The lowest BCUT2D eigenvalue weighted by Gasteiger charge is -2.11. The van der Waals surface area contributed by atoms with Crippen LogP contribution in [-0.4, -0.2) is 39.2 Å². The SMILES string of the molecule is CCCOc1nc(Oc2ccc(F)cc2)nc2oc(-c3cc(C)c(OCC(=O)O)c(C)c3)nc12. The Kier molecular flexibility index (Phi) is 6.58. The zero-order chi connectivity index (χ0) is 24.2. The Morgan fingerprint density at radius 1 is 1.06 bits per heavy atom. The zero-order valence-electron chi connectivity index (χ0n) is 18.8. The molecule has 2 aromatic heterocycles. The van der Waals surface area contributed by atoms with Crippen LogP contribution < -0.4 is 14.2 Å². The van der Waals surface area contributed by atoms with E-state index >= 15 is 0 Å². The lowest BCUT2D eigenvalue weighted by atomic mass is 10.1. The highest BCUT2D eigenvalue weighted by Crippen LogP contribution is 2.34. The van der Waals surface area contributed by atoms with E-state index in [0.29, 0.717) is 29.2 Å². The number of nitrogens with zero attached hydrogens (tertiary/aromatic N) is 3. The van der Waals surface area contributed by atoms with E-state index in [4.69, 9.17) is 23.7 Å². The third kappa shape index (κ3) is 5.06. The predicted molar refractivity (Wildman–Crippen MR) is 120 cm³/mol. The molecule has 0 radical (unpaired) electrons. The summed E-state index contributed by atoms with van der Waals surface area (Å²) < 4.78 is 35.9. The third-order valence-corrected chi connectivity index (χ3v) is 4.72. The highest BCUT2D eigenvalue weighted by atomic mass is 19.1. The topological polar surface area (TPSA) is 117 Å². The van der Waals surface area contributed by atoms with Crippen molar-refractivity contribution in [3.05, 3.63) is 53.3 Å². The van der Waals surface area contributed by atoms with Gasteiger partial charge in [-0.15, -0.1) is 0 Å². The van der Waals surface area contributed by atoms with Gasteiger partial charge in [-0.05, 0) is 67.8 Å². The molecule has 0 aliphatic carbocycles. The van der Waals surface area contributed by atoms with Crippen molar-refractivity contribution in [2.45, 2.75) is 27.2 Å². The molecule has 34 heavy (non-hydrogen) atoms. The Morgan fingerprint density at radius 3 is 2.41 bits per heavy atom. The van der Waals surface area contributed by atoms with E-state index < -0.39 is 12.6 Å². The summed E-state index contributed by atoms with van der Waals surface area (Å²) >= 11 is 0. The molecule has 0 aliphatic rings. The molecule has 0 saturated carbocycles. The third-order valence-electron chi connectivity index (χ3n) is 4.72. The number of aromatic nitrogens is 3. The van der Waals surface area contributed by atoms with Gasteiger partial charge in [-0.3, -0.25) is 0 Å². The molecule has 2 heterocycles. The molecular weight excluding hydrogens is 445 g/mol. The molecule has 10 heteroatoms. The van der Waals surface area contributed by atoms with E-state index in [1.165, 1.54) is 24.3 Å². The van der Waals surface area contributed by atoms with Gasteiger partial charge in [0.2, 0.25) is 5.89 Å². The number of halogens is 1. The monoisotopic (exact) mass is 467 g/mol. The van der Waals surface area contributed by atoms with Gasteiger partial charge in [-0.2, -0.15) is 9.97 Å². The molecule has 2 aromatic carbocycles. The van der Waals surface area contributed by atoms with Gasteiger partial charge in [0.1, 0.15) is 17.3 Å². The van der Waals surface area contributed by atoms with Crippen molar-refractivity contribution in [3.63, 3.8) is 0 Å². The number of aryl methyl sites for hydroxylation is 2. The number of aliphatic carboxylic acids is 1. The Labute approximate surface area is 194 Å². The van der Waals surface area contributed by atoms with E-state index in [2.05, 4.69) is 15.0 Å². The zero-order valence-corrected chi connectivity index (χ0v) is 18.8. The average molecular weight is 467 g/mol. The van der Waals surface area contributed by atoms with E-state index in [1.807, 2.05) is 6.92 Å². The number of fused-ring (bicyclic) bond motifs is 1. The number of carbonyl (C=O) groups is 1. The highest BCUT2D eigenvalue weighted by molar-refractivity contribution is 5.78. The molecule has 0 bridgehead atoms. The van der Waals surface area contributed by atoms with E-state index in [1.54, 1.807) is 26.0 Å². The molecule has 0 unspecified atom stereocenters. The van der Waals surface area contributed by atoms with Gasteiger partial charge in [-0.25, -0.2) is 14.2 Å². The fourth-order valence-electron chi connectivity index (χ4n) is 3.29. The van der Waals surface area contributed by atoms with Crippen LogP contribution >= 0.6 is 0 Å². The van der Waals surface area contributed by atoms with Crippen LogP contribution in [0.25, 0.3) is 22.7 Å². The number of carboxylic acids is 1. The first-order valence-electron chi connectivity index (χ1n) is 10.5. The second kappa shape index (κ2) is 9.74. The Balaban J connectivity index is 1.72. The number of benzene rings is 2. The molecule has 176 valence electrons. The van der Waals surface area contributed by atoms with Gasteiger partial charge in [0.05, 0.1) is 6.61 Å². The van der Waals surface area contributed by atoms with Crippen LogP contribution in [0.15, 0.2) is 40.8 Å². The predicted octanol–water partition coefficient (Wildman–Crippen LogP) is 5.09. The Morgan fingerprint density at radius 2 is 1.76 bits per heavy atom. The summed E-state index contributed by atoms with van der Waals surface area (Å²) in [7, 11) is 0. The van der Waals surface area contributed by atoms with E-state index in [9.17, 15) is 9.18 Å². The number of oxazole rings is 1. The number of hydrogen-bond donors (Lipinski definition) is 1. The largest absolute Gasteiger partial charge is 0.481 e. The van der Waals surface area contributed by atoms with Gasteiger partial charge in [0, 0.05) is 5.56 Å². The average Bonchev–Trinajstić information content (AvgIpc) is 3.22. The molecule has 0 fully saturated rings. The van der Waals surface area contributed by atoms with Crippen LogP contribution in [0.2, 0.25) is 0 Å². The quantitative estimate of drug-likeness (QED) is 0.359. The molecule has 4 aromatic rings. The Bertz CT molecular complexity index is 1310. The van der Waals surface area contributed by atoms with Crippen molar-refractivity contribution in [2.75, 3.05) is 13.2 Å². The summed E-state index contributed by atoms with van der Waals surface area (Å²) in [4.78, 5) is 24.0. The van der Waals surface area contributed by atoms with Gasteiger partial charge in [-0.1, -0.05) is 6.92 Å². The summed E-state index contributed by atoms with van der Waals surface area (Å²) in [6, 6.07) is 8.99. The van der Waals surface area contributed by atoms with Crippen LogP contribution in [0.3, 0.4) is 0 Å². The fourth-order valence-corrected chi connectivity index (χ4v) is 3.29. The van der Waals surface area contributed by atoms with Crippen LogP contribution in [0.1, 0.15) is 24.5 Å². The summed E-state index contributed by atoms with van der Waals surface area (Å²) in [5.74, 6) is -0.122. The molecule has 0 spiro atoms. The lowest BCUT2D eigenvalue weighted by molar-refractivity contribution is -0.139. The smallest absolute Gasteiger partial charge is 0.341 e. The standard InChI is InChI=1S/C24H22FN3O6/c1-4-9-31-22-19-23(28-24(27-22)33-17-7-5-16(25)6-8-17)34-21(26-19)15-10-13(2)20(14(3)11-15)32-12-18(29)30/h5-8,10-11H,4,9,12H2,1-3H3,(H,29,30). The first-order chi connectivity index (χ1) is 16.3. The van der Waals surface area contributed by atoms with E-state index in [-0.39, 0.29) is 29.3 Å². The Hall–Kier alpha value is -4.21. The second-order valence-electron chi connectivity index (χ2n) is 7.51. The van der Waals surface area contributed by atoms with Crippen LogP contribution in [0.4, 0.5) is 4.39 Å². The maximum atomic E-state index is 13.2. The van der Waals surface area contributed by atoms with Gasteiger partial charge in [0.25, 0.3) is 11.6 Å². The minimum atomic E-state index is -1.06. The van der Waals surface area contributed by atoms with Crippen molar-refractivity contribution < 1.29 is 32.9 Å². The summed E-state index contributed by atoms with van der Waals surface area (Å²) in [5.41, 5.74) is 2.60. The van der Waals surface area contributed by atoms with Gasteiger partial charge >= 0.3 is 12.0 Å². The normalized spacial score (nSPS) is 10.9. The summed E-state index contributed by atoms with van der Waals surface area (Å²) in [5, 5.41) is 8.88. The van der Waals surface area contributed by atoms with E-state index in [0.717, 1.165) is 17.5 Å². The van der Waals surface area contributed by atoms with Crippen molar-refractivity contribution in [3.8, 4) is 34.8 Å². The molecule has 9 nitrogen and oxygen atoms in total. The number of carboxylic acid groups (broad SMARTS) is 1.